The van der Waals surface area contributed by atoms with Gasteiger partial charge < -0.3 is 9.47 Å². The minimum atomic E-state index is -0.556. The van der Waals surface area contributed by atoms with Crippen LogP contribution in [0.5, 0.6) is 0 Å². The van der Waals surface area contributed by atoms with Crippen LogP contribution < -0.4 is 5.43 Å². The predicted molar refractivity (Wildman–Crippen MR) is 121 cm³/mol. The second-order valence-electron chi connectivity index (χ2n) is 7.79. The van der Waals surface area contributed by atoms with E-state index in [4.69, 9.17) is 9.47 Å². The first-order chi connectivity index (χ1) is 15.1. The number of carbonyl (C=O) groups excluding carboxylic acids is 2. The molecule has 31 heavy (non-hydrogen) atoms. The van der Waals surface area contributed by atoms with Crippen molar-refractivity contribution in [1.29, 1.82) is 0 Å². The molecule has 0 aliphatic heterocycles. The van der Waals surface area contributed by atoms with Gasteiger partial charge in [-0.1, -0.05) is 75.2 Å². The molecule has 1 amide bonds. The Morgan fingerprint density at radius 2 is 1.52 bits per heavy atom. The van der Waals surface area contributed by atoms with Crippen LogP contribution in [0.2, 0.25) is 0 Å². The molecule has 2 aromatic carbocycles. The largest absolute Gasteiger partial charge is 0.465 e. The van der Waals surface area contributed by atoms with Crippen LogP contribution in [0.25, 0.3) is 11.1 Å². The highest BCUT2D eigenvalue weighted by atomic mass is 16.6. The van der Waals surface area contributed by atoms with E-state index in [1.165, 1.54) is 22.3 Å². The summed E-state index contributed by atoms with van der Waals surface area (Å²) in [5, 5.41) is 1.58. The van der Waals surface area contributed by atoms with Gasteiger partial charge in [0.15, 0.2) is 0 Å². The molecule has 1 aliphatic carbocycles. The van der Waals surface area contributed by atoms with E-state index in [-0.39, 0.29) is 25.0 Å². The van der Waals surface area contributed by atoms with Gasteiger partial charge >= 0.3 is 12.1 Å². The first kappa shape index (κ1) is 22.8. The molecule has 0 saturated carbocycles. The first-order valence-electron chi connectivity index (χ1n) is 11.2. The number of carbonyl (C=O) groups is 2. The van der Waals surface area contributed by atoms with E-state index in [0.717, 1.165) is 25.7 Å². The maximum atomic E-state index is 12.5. The smallest absolute Gasteiger partial charge is 0.421 e. The SMILES string of the molecule is CCCCOC(=O)CN(CCCC)NC(=O)OCC1c2ccccc2-c2ccccc21. The van der Waals surface area contributed by atoms with Crippen molar-refractivity contribution in [3.63, 3.8) is 0 Å². The van der Waals surface area contributed by atoms with Crippen molar-refractivity contribution in [2.24, 2.45) is 0 Å². The Morgan fingerprint density at radius 3 is 2.13 bits per heavy atom. The van der Waals surface area contributed by atoms with E-state index in [9.17, 15) is 9.59 Å². The predicted octanol–water partition coefficient (Wildman–Crippen LogP) is 4.89. The summed E-state index contributed by atoms with van der Waals surface area (Å²) in [5.41, 5.74) is 7.42. The third-order valence-corrected chi connectivity index (χ3v) is 5.46. The van der Waals surface area contributed by atoms with Gasteiger partial charge in [0, 0.05) is 12.5 Å². The van der Waals surface area contributed by atoms with Crippen LogP contribution in [0, 0.1) is 0 Å². The second kappa shape index (κ2) is 11.5. The summed E-state index contributed by atoms with van der Waals surface area (Å²) in [7, 11) is 0. The number of hydrazine groups is 1. The molecule has 0 fully saturated rings. The zero-order valence-corrected chi connectivity index (χ0v) is 18.4. The van der Waals surface area contributed by atoms with Gasteiger partial charge in [-0.2, -0.15) is 0 Å². The Kier molecular flexibility index (Phi) is 8.47. The van der Waals surface area contributed by atoms with Crippen LogP contribution in [0.4, 0.5) is 4.79 Å². The number of hydrogen-bond donors (Lipinski definition) is 1. The van der Waals surface area contributed by atoms with E-state index in [2.05, 4.69) is 36.6 Å². The molecular weight excluding hydrogens is 392 g/mol. The highest BCUT2D eigenvalue weighted by molar-refractivity contribution is 5.79. The van der Waals surface area contributed by atoms with Crippen molar-refractivity contribution in [2.75, 3.05) is 26.3 Å². The summed E-state index contributed by atoms with van der Waals surface area (Å²) in [6, 6.07) is 16.4. The Morgan fingerprint density at radius 1 is 0.903 bits per heavy atom. The minimum Gasteiger partial charge on any atom is -0.465 e. The minimum absolute atomic E-state index is 0.00116. The summed E-state index contributed by atoms with van der Waals surface area (Å²) in [6.07, 6.45) is 3.05. The van der Waals surface area contributed by atoms with Gasteiger partial charge in [-0.3, -0.25) is 10.2 Å². The van der Waals surface area contributed by atoms with Gasteiger partial charge in [0.05, 0.1) is 6.61 Å². The average molecular weight is 425 g/mol. The molecule has 3 rings (SSSR count). The van der Waals surface area contributed by atoms with E-state index in [0.29, 0.717) is 13.2 Å². The summed E-state index contributed by atoms with van der Waals surface area (Å²) in [4.78, 5) is 24.6. The molecular formula is C25H32N2O4. The number of fused-ring (bicyclic) bond motifs is 3. The van der Waals surface area contributed by atoms with Gasteiger partial charge in [0.1, 0.15) is 13.2 Å². The molecule has 0 bridgehead atoms. The third-order valence-electron chi connectivity index (χ3n) is 5.46. The number of nitrogens with zero attached hydrogens (tertiary/aromatic N) is 1. The zero-order chi connectivity index (χ0) is 22.1. The summed E-state index contributed by atoms with van der Waals surface area (Å²) < 4.78 is 10.8. The molecule has 0 saturated heterocycles. The topological polar surface area (TPSA) is 67.9 Å². The second-order valence-corrected chi connectivity index (χ2v) is 7.79. The molecule has 1 N–H and O–H groups in total. The number of nitrogens with one attached hydrogen (secondary N) is 1. The summed E-state index contributed by atoms with van der Waals surface area (Å²) in [5.74, 6) is -0.343. The molecule has 0 radical (unpaired) electrons. The lowest BCUT2D eigenvalue weighted by Gasteiger charge is -2.22. The van der Waals surface area contributed by atoms with Crippen LogP contribution in [-0.2, 0) is 14.3 Å². The average Bonchev–Trinajstić information content (AvgIpc) is 3.10. The molecule has 6 nitrogen and oxygen atoms in total. The lowest BCUT2D eigenvalue weighted by atomic mass is 9.98. The highest BCUT2D eigenvalue weighted by Crippen LogP contribution is 2.44. The summed E-state index contributed by atoms with van der Waals surface area (Å²) >= 11 is 0. The molecule has 6 heteroatoms. The van der Waals surface area contributed by atoms with Crippen LogP contribution in [0.3, 0.4) is 0 Å². The van der Waals surface area contributed by atoms with Crippen LogP contribution >= 0.6 is 0 Å². The monoisotopic (exact) mass is 424 g/mol. The number of rotatable bonds is 11. The quantitative estimate of drug-likeness (QED) is 0.316. The van der Waals surface area contributed by atoms with Gasteiger partial charge in [-0.05, 0) is 35.1 Å². The number of hydrogen-bond acceptors (Lipinski definition) is 5. The van der Waals surface area contributed by atoms with E-state index < -0.39 is 6.09 Å². The fourth-order valence-corrected chi connectivity index (χ4v) is 3.82. The van der Waals surface area contributed by atoms with E-state index >= 15 is 0 Å². The van der Waals surface area contributed by atoms with Crippen molar-refractivity contribution in [2.45, 2.75) is 45.4 Å². The number of unbranched alkanes of at least 4 members (excludes halogenated alkanes) is 2. The Balaban J connectivity index is 1.58. The van der Waals surface area contributed by atoms with Gasteiger partial charge in [0.2, 0.25) is 0 Å². The maximum Gasteiger partial charge on any atom is 0.421 e. The normalized spacial score (nSPS) is 12.4. The molecule has 0 spiro atoms. The van der Waals surface area contributed by atoms with Crippen molar-refractivity contribution in [1.82, 2.24) is 10.4 Å². The Hall–Kier alpha value is -2.86. The lowest BCUT2D eigenvalue weighted by molar-refractivity contribution is -0.145. The molecule has 1 aliphatic rings. The van der Waals surface area contributed by atoms with Crippen molar-refractivity contribution >= 4 is 12.1 Å². The third kappa shape index (κ3) is 6.07. The fraction of sp³-hybridized carbons (Fsp3) is 0.440. The van der Waals surface area contributed by atoms with E-state index in [1.807, 2.05) is 31.2 Å². The molecule has 0 atom stereocenters. The Labute approximate surface area is 184 Å². The Bertz CT molecular complexity index is 838. The summed E-state index contributed by atoms with van der Waals surface area (Å²) in [6.45, 7) is 5.31. The number of benzene rings is 2. The van der Waals surface area contributed by atoms with Crippen LogP contribution in [0.15, 0.2) is 48.5 Å². The van der Waals surface area contributed by atoms with Crippen molar-refractivity contribution < 1.29 is 19.1 Å². The van der Waals surface area contributed by atoms with Crippen molar-refractivity contribution in [3.05, 3.63) is 59.7 Å². The first-order valence-corrected chi connectivity index (χ1v) is 11.2. The number of esters is 1. The van der Waals surface area contributed by atoms with Gasteiger partial charge in [0.25, 0.3) is 0 Å². The highest BCUT2D eigenvalue weighted by Gasteiger charge is 2.29. The van der Waals surface area contributed by atoms with Gasteiger partial charge in [-0.15, -0.1) is 0 Å². The van der Waals surface area contributed by atoms with Crippen LogP contribution in [-0.4, -0.2) is 43.4 Å². The molecule has 0 heterocycles. The van der Waals surface area contributed by atoms with Crippen LogP contribution in [0.1, 0.15) is 56.6 Å². The zero-order valence-electron chi connectivity index (χ0n) is 18.4. The standard InChI is InChI=1S/C25H32N2O4/c1-3-5-15-27(17-24(28)30-16-6-4-2)26-25(29)31-18-23-21-13-9-7-11-19(21)20-12-8-10-14-22(20)23/h7-14,23H,3-6,15-18H2,1-2H3,(H,26,29). The molecule has 0 unspecified atom stereocenters. The van der Waals surface area contributed by atoms with Gasteiger partial charge in [-0.25, -0.2) is 9.80 Å². The number of ether oxygens (including phenoxy) is 2. The lowest BCUT2D eigenvalue weighted by Crippen LogP contribution is -2.46. The molecule has 2 aromatic rings. The molecule has 166 valence electrons. The fourth-order valence-electron chi connectivity index (χ4n) is 3.82. The maximum absolute atomic E-state index is 12.5. The van der Waals surface area contributed by atoms with E-state index in [1.54, 1.807) is 5.01 Å². The molecule has 0 aromatic heterocycles. The van der Waals surface area contributed by atoms with Crippen molar-refractivity contribution in [3.8, 4) is 11.1 Å². The number of amides is 1.